The maximum absolute atomic E-state index is 12.2. The number of H-pyrrole nitrogens is 1. The molecule has 1 aliphatic heterocycles. The van der Waals surface area contributed by atoms with Crippen molar-refractivity contribution in [2.45, 2.75) is 0 Å². The van der Waals surface area contributed by atoms with Crippen LogP contribution in [-0.4, -0.2) is 49.7 Å². The Bertz CT molecular complexity index is 845. The first-order valence-corrected chi connectivity index (χ1v) is 7.32. The van der Waals surface area contributed by atoms with E-state index in [9.17, 15) is 9.59 Å². The highest BCUT2D eigenvalue weighted by Crippen LogP contribution is 2.32. The molecule has 0 atom stereocenters. The van der Waals surface area contributed by atoms with Gasteiger partial charge in [-0.1, -0.05) is 11.6 Å². The Morgan fingerprint density at radius 2 is 2.04 bits per heavy atom. The van der Waals surface area contributed by atoms with Crippen LogP contribution in [0.25, 0.3) is 10.9 Å². The van der Waals surface area contributed by atoms with E-state index in [0.29, 0.717) is 16.2 Å². The van der Waals surface area contributed by atoms with Crippen LogP contribution in [0.5, 0.6) is 0 Å². The molecule has 0 aliphatic carbocycles. The standard InChI is InChI=1S/C15H14ClN3O5/c1-22-14(20)10-6-24-7-19(13(10)15(21)23-2)8-3-11(16)9-5-17-18-12(9)4-8/h3-5H,6-7H2,1-2H3,(H,17,18). The van der Waals surface area contributed by atoms with E-state index in [1.165, 1.54) is 19.1 Å². The molecule has 0 spiro atoms. The minimum absolute atomic E-state index is 0.0480. The molecule has 0 amide bonds. The van der Waals surface area contributed by atoms with Crippen LogP contribution in [0.3, 0.4) is 0 Å². The van der Waals surface area contributed by atoms with Gasteiger partial charge in [0.15, 0.2) is 0 Å². The molecule has 1 N–H and O–H groups in total. The fourth-order valence-electron chi connectivity index (χ4n) is 2.50. The third kappa shape index (κ3) is 2.70. The lowest BCUT2D eigenvalue weighted by Gasteiger charge is -2.31. The van der Waals surface area contributed by atoms with Gasteiger partial charge in [0.2, 0.25) is 0 Å². The molecule has 0 fully saturated rings. The second-order valence-electron chi connectivity index (χ2n) is 4.97. The van der Waals surface area contributed by atoms with Crippen molar-refractivity contribution < 1.29 is 23.8 Å². The average Bonchev–Trinajstić information content (AvgIpc) is 3.08. The van der Waals surface area contributed by atoms with Crippen LogP contribution in [0.2, 0.25) is 5.02 Å². The number of ether oxygens (including phenoxy) is 3. The van der Waals surface area contributed by atoms with Crippen LogP contribution in [-0.2, 0) is 23.8 Å². The summed E-state index contributed by atoms with van der Waals surface area (Å²) in [4.78, 5) is 25.7. The highest BCUT2D eigenvalue weighted by atomic mass is 35.5. The predicted molar refractivity (Wildman–Crippen MR) is 85.5 cm³/mol. The number of aromatic amines is 1. The topological polar surface area (TPSA) is 93.8 Å². The highest BCUT2D eigenvalue weighted by Gasteiger charge is 2.32. The summed E-state index contributed by atoms with van der Waals surface area (Å²) < 4.78 is 15.0. The first kappa shape index (κ1) is 16.3. The van der Waals surface area contributed by atoms with E-state index >= 15 is 0 Å². The first-order chi connectivity index (χ1) is 11.6. The molecule has 1 aromatic heterocycles. The van der Waals surface area contributed by atoms with E-state index < -0.39 is 11.9 Å². The Morgan fingerprint density at radius 1 is 1.29 bits per heavy atom. The number of aromatic nitrogens is 2. The van der Waals surface area contributed by atoms with Crippen LogP contribution < -0.4 is 4.90 Å². The minimum atomic E-state index is -0.667. The van der Waals surface area contributed by atoms with Crippen molar-refractivity contribution >= 4 is 40.1 Å². The van der Waals surface area contributed by atoms with Crippen molar-refractivity contribution in [1.82, 2.24) is 10.2 Å². The zero-order chi connectivity index (χ0) is 17.3. The first-order valence-electron chi connectivity index (χ1n) is 6.94. The number of nitrogens with one attached hydrogen (secondary N) is 1. The van der Waals surface area contributed by atoms with Crippen LogP contribution in [0.15, 0.2) is 29.6 Å². The van der Waals surface area contributed by atoms with Gasteiger partial charge in [0, 0.05) is 11.1 Å². The Hall–Kier alpha value is -2.58. The zero-order valence-electron chi connectivity index (χ0n) is 13.0. The predicted octanol–water partition coefficient (Wildman–Crippen LogP) is 1.61. The number of methoxy groups -OCH3 is 2. The van der Waals surface area contributed by atoms with Crippen LogP contribution in [0, 0.1) is 0 Å². The molecule has 2 aromatic rings. The van der Waals surface area contributed by atoms with Gasteiger partial charge in [0.05, 0.1) is 43.1 Å². The van der Waals surface area contributed by atoms with E-state index in [4.69, 9.17) is 25.8 Å². The lowest BCUT2D eigenvalue weighted by Crippen LogP contribution is -2.38. The van der Waals surface area contributed by atoms with E-state index in [1.807, 2.05) is 0 Å². The summed E-state index contributed by atoms with van der Waals surface area (Å²) in [5.41, 5.74) is 1.38. The van der Waals surface area contributed by atoms with E-state index in [-0.39, 0.29) is 24.6 Å². The molecule has 8 nitrogen and oxygen atoms in total. The number of halogens is 1. The number of hydrogen-bond acceptors (Lipinski definition) is 7. The van der Waals surface area contributed by atoms with Crippen LogP contribution in [0.4, 0.5) is 5.69 Å². The molecule has 0 saturated heterocycles. The number of benzene rings is 1. The molecule has 0 bridgehead atoms. The lowest BCUT2D eigenvalue weighted by molar-refractivity contribution is -0.140. The number of fused-ring (bicyclic) bond motifs is 1. The van der Waals surface area contributed by atoms with Gasteiger partial charge in [-0.25, -0.2) is 9.59 Å². The molecule has 24 heavy (non-hydrogen) atoms. The van der Waals surface area contributed by atoms with Crippen LogP contribution in [0.1, 0.15) is 0 Å². The molecular formula is C15H14ClN3O5. The third-order valence-corrected chi connectivity index (χ3v) is 3.95. The Morgan fingerprint density at radius 3 is 2.75 bits per heavy atom. The molecule has 3 rings (SSSR count). The SMILES string of the molecule is COC(=O)C1=C(C(=O)OC)N(c2cc(Cl)c3cn[nH]c3c2)COC1. The lowest BCUT2D eigenvalue weighted by atomic mass is 10.1. The molecular weight excluding hydrogens is 338 g/mol. The monoisotopic (exact) mass is 351 g/mol. The maximum Gasteiger partial charge on any atom is 0.355 e. The number of nitrogens with zero attached hydrogens (tertiary/aromatic N) is 2. The number of carbonyl (C=O) groups excluding carboxylic acids is 2. The van der Waals surface area contributed by atoms with Gasteiger partial charge in [-0.15, -0.1) is 0 Å². The summed E-state index contributed by atoms with van der Waals surface area (Å²) in [6.45, 7) is 0.00847. The summed E-state index contributed by atoms with van der Waals surface area (Å²) in [7, 11) is 2.47. The smallest absolute Gasteiger partial charge is 0.355 e. The second kappa shape index (κ2) is 6.50. The fourth-order valence-corrected chi connectivity index (χ4v) is 2.76. The van der Waals surface area contributed by atoms with Gasteiger partial charge in [0.25, 0.3) is 0 Å². The van der Waals surface area contributed by atoms with E-state index in [1.54, 1.807) is 18.3 Å². The van der Waals surface area contributed by atoms with Gasteiger partial charge in [-0.2, -0.15) is 5.10 Å². The van der Waals surface area contributed by atoms with Crippen LogP contribution >= 0.6 is 11.6 Å². The van der Waals surface area contributed by atoms with Gasteiger partial charge < -0.3 is 19.1 Å². The highest BCUT2D eigenvalue weighted by molar-refractivity contribution is 6.35. The van der Waals surface area contributed by atoms with Crippen molar-refractivity contribution in [3.05, 3.63) is 34.6 Å². The molecule has 2 heterocycles. The molecule has 9 heteroatoms. The van der Waals surface area contributed by atoms with Gasteiger partial charge in [-0.05, 0) is 12.1 Å². The maximum atomic E-state index is 12.2. The van der Waals surface area contributed by atoms with Gasteiger partial charge >= 0.3 is 11.9 Å². The van der Waals surface area contributed by atoms with E-state index in [0.717, 1.165) is 5.39 Å². The summed E-state index contributed by atoms with van der Waals surface area (Å²) in [6, 6.07) is 3.41. The van der Waals surface area contributed by atoms with Gasteiger partial charge in [-0.3, -0.25) is 5.10 Å². The molecule has 126 valence electrons. The number of rotatable bonds is 3. The molecule has 1 aromatic carbocycles. The molecule has 0 saturated carbocycles. The third-order valence-electron chi connectivity index (χ3n) is 3.64. The minimum Gasteiger partial charge on any atom is -0.466 e. The number of anilines is 1. The number of carbonyl (C=O) groups is 2. The normalized spacial score (nSPS) is 14.9. The Labute approximate surface area is 141 Å². The summed E-state index contributed by atoms with van der Waals surface area (Å²) in [5.74, 6) is -1.33. The zero-order valence-corrected chi connectivity index (χ0v) is 13.7. The average molecular weight is 352 g/mol. The molecule has 0 radical (unpaired) electrons. The quantitative estimate of drug-likeness (QED) is 0.839. The van der Waals surface area contributed by atoms with Crippen molar-refractivity contribution in [3.63, 3.8) is 0 Å². The fraction of sp³-hybridized carbons (Fsp3) is 0.267. The Kier molecular flexibility index (Phi) is 4.41. The summed E-state index contributed by atoms with van der Waals surface area (Å²) in [5, 5.41) is 7.95. The second-order valence-corrected chi connectivity index (χ2v) is 5.38. The molecule has 0 unspecified atom stereocenters. The number of esters is 2. The van der Waals surface area contributed by atoms with Gasteiger partial charge in [0.1, 0.15) is 12.4 Å². The largest absolute Gasteiger partial charge is 0.466 e. The number of hydrogen-bond donors (Lipinski definition) is 1. The summed E-state index contributed by atoms with van der Waals surface area (Å²) in [6.07, 6.45) is 1.60. The van der Waals surface area contributed by atoms with Crippen molar-refractivity contribution in [1.29, 1.82) is 0 Å². The van der Waals surface area contributed by atoms with E-state index in [2.05, 4.69) is 10.2 Å². The van der Waals surface area contributed by atoms with Crippen molar-refractivity contribution in [3.8, 4) is 0 Å². The summed E-state index contributed by atoms with van der Waals surface area (Å²) >= 11 is 6.26. The molecule has 1 aliphatic rings. The van der Waals surface area contributed by atoms with Crippen molar-refractivity contribution in [2.24, 2.45) is 0 Å². The van der Waals surface area contributed by atoms with Crippen molar-refractivity contribution in [2.75, 3.05) is 32.5 Å². The Balaban J connectivity index is 2.15.